The highest BCUT2D eigenvalue weighted by atomic mass is 16.2. The van der Waals surface area contributed by atoms with Gasteiger partial charge in [-0.25, -0.2) is 0 Å². The van der Waals surface area contributed by atoms with E-state index < -0.39 is 0 Å². The molecule has 0 atom stereocenters. The van der Waals surface area contributed by atoms with Crippen molar-refractivity contribution in [1.82, 2.24) is 4.90 Å². The molecule has 0 heterocycles. The van der Waals surface area contributed by atoms with Gasteiger partial charge in [0.2, 0.25) is 5.91 Å². The number of hydrogen-bond donors (Lipinski definition) is 0. The summed E-state index contributed by atoms with van der Waals surface area (Å²) in [6.45, 7) is 4.48. The summed E-state index contributed by atoms with van der Waals surface area (Å²) >= 11 is 0. The molecule has 0 N–H and O–H groups in total. The second-order valence-electron chi connectivity index (χ2n) is 3.29. The third-order valence-corrected chi connectivity index (χ3v) is 2.11. The van der Waals surface area contributed by atoms with Crippen LogP contribution in [0.15, 0.2) is 30.3 Å². The maximum absolute atomic E-state index is 11.3. The maximum atomic E-state index is 11.3. The Bertz CT molecular complexity index is 373. The molecule has 0 aromatic heterocycles. The Labute approximate surface area is 90.9 Å². The first kappa shape index (κ1) is 11.3. The summed E-state index contributed by atoms with van der Waals surface area (Å²) in [6, 6.07) is 9.93. The molecule has 0 unspecified atom stereocenters. The lowest BCUT2D eigenvalue weighted by atomic mass is 10.2. The summed E-state index contributed by atoms with van der Waals surface area (Å²) in [7, 11) is 0. The van der Waals surface area contributed by atoms with Crippen molar-refractivity contribution in [1.29, 1.82) is 0 Å². The summed E-state index contributed by atoms with van der Waals surface area (Å²) in [5.74, 6) is 5.76. The Kier molecular flexibility index (Phi) is 4.43. The highest BCUT2D eigenvalue weighted by molar-refractivity contribution is 5.73. The molecule has 0 fully saturated rings. The minimum absolute atomic E-state index is 0.0570. The molecule has 2 heteroatoms. The molecule has 0 aliphatic carbocycles. The van der Waals surface area contributed by atoms with Crippen LogP contribution in [-0.4, -0.2) is 17.4 Å². The minimum Gasteiger partial charge on any atom is -0.327 e. The Balaban J connectivity index is 2.65. The number of rotatable bonds is 3. The van der Waals surface area contributed by atoms with Crippen molar-refractivity contribution in [2.75, 3.05) is 6.54 Å². The number of benzene rings is 1. The third kappa shape index (κ3) is 3.86. The van der Waals surface area contributed by atoms with Crippen LogP contribution >= 0.6 is 0 Å². The Morgan fingerprint density at radius 3 is 2.53 bits per heavy atom. The average molecular weight is 201 g/mol. The summed E-state index contributed by atoms with van der Waals surface area (Å²) < 4.78 is 0. The van der Waals surface area contributed by atoms with E-state index in [-0.39, 0.29) is 5.91 Å². The number of carbonyl (C=O) groups is 1. The summed E-state index contributed by atoms with van der Waals surface area (Å²) in [6.07, 6.45) is 0. The molecule has 0 aliphatic rings. The smallest absolute Gasteiger partial charge is 0.220 e. The van der Waals surface area contributed by atoms with Gasteiger partial charge < -0.3 is 4.90 Å². The molecule has 1 amide bonds. The van der Waals surface area contributed by atoms with E-state index in [1.807, 2.05) is 30.3 Å². The second kappa shape index (κ2) is 5.87. The first-order valence-corrected chi connectivity index (χ1v) is 4.93. The molecule has 0 saturated heterocycles. The van der Waals surface area contributed by atoms with Crippen LogP contribution in [0.3, 0.4) is 0 Å². The molecule has 0 spiro atoms. The van der Waals surface area contributed by atoms with Gasteiger partial charge >= 0.3 is 0 Å². The fourth-order valence-corrected chi connectivity index (χ4v) is 1.26. The van der Waals surface area contributed by atoms with Gasteiger partial charge in [0.25, 0.3) is 0 Å². The average Bonchev–Trinajstić information content (AvgIpc) is 2.25. The van der Waals surface area contributed by atoms with Crippen LogP contribution in [0.5, 0.6) is 0 Å². The van der Waals surface area contributed by atoms with Gasteiger partial charge in [0.05, 0.1) is 6.54 Å². The summed E-state index contributed by atoms with van der Waals surface area (Å²) in [4.78, 5) is 13.0. The lowest BCUT2D eigenvalue weighted by Gasteiger charge is -2.18. The first-order chi connectivity index (χ1) is 7.24. The molecule has 0 saturated carbocycles. The zero-order valence-corrected chi connectivity index (χ0v) is 9.16. The molecule has 78 valence electrons. The van der Waals surface area contributed by atoms with Crippen LogP contribution in [0.4, 0.5) is 0 Å². The van der Waals surface area contributed by atoms with Crippen LogP contribution in [0.1, 0.15) is 19.4 Å². The zero-order chi connectivity index (χ0) is 11.1. The van der Waals surface area contributed by atoms with E-state index in [0.717, 1.165) is 5.56 Å². The van der Waals surface area contributed by atoms with Crippen molar-refractivity contribution in [3.8, 4) is 11.8 Å². The number of nitrogens with zero attached hydrogens (tertiary/aromatic N) is 1. The van der Waals surface area contributed by atoms with E-state index in [1.165, 1.54) is 0 Å². The van der Waals surface area contributed by atoms with Gasteiger partial charge in [-0.1, -0.05) is 36.3 Å². The Hall–Kier alpha value is -1.75. The fraction of sp³-hybridized carbons (Fsp3) is 0.308. The van der Waals surface area contributed by atoms with E-state index >= 15 is 0 Å². The quantitative estimate of drug-likeness (QED) is 0.685. The standard InChI is InChI=1S/C13H15NO/c1-3-4-10-14(12(2)15)11-13-8-6-5-7-9-13/h5-9H,10-11H2,1-2H3. The monoisotopic (exact) mass is 201 g/mol. The van der Waals surface area contributed by atoms with Crippen molar-refractivity contribution >= 4 is 5.91 Å². The SMILES string of the molecule is CC#CCN(Cc1ccccc1)C(C)=O. The van der Waals surface area contributed by atoms with Crippen LogP contribution in [-0.2, 0) is 11.3 Å². The predicted molar refractivity (Wildman–Crippen MR) is 61.0 cm³/mol. The van der Waals surface area contributed by atoms with Crippen molar-refractivity contribution < 1.29 is 4.79 Å². The van der Waals surface area contributed by atoms with E-state index in [0.29, 0.717) is 13.1 Å². The normalized spacial score (nSPS) is 8.93. The molecule has 1 aromatic rings. The first-order valence-electron chi connectivity index (χ1n) is 4.93. The Morgan fingerprint density at radius 1 is 1.33 bits per heavy atom. The highest BCUT2D eigenvalue weighted by Gasteiger charge is 2.06. The van der Waals surface area contributed by atoms with Crippen molar-refractivity contribution in [3.63, 3.8) is 0 Å². The van der Waals surface area contributed by atoms with Gasteiger partial charge in [-0.15, -0.1) is 5.92 Å². The highest BCUT2D eigenvalue weighted by Crippen LogP contribution is 2.03. The molecule has 2 nitrogen and oxygen atoms in total. The minimum atomic E-state index is 0.0570. The van der Waals surface area contributed by atoms with Gasteiger partial charge in [0.1, 0.15) is 0 Å². The van der Waals surface area contributed by atoms with E-state index in [2.05, 4.69) is 11.8 Å². The molecular formula is C13H15NO. The van der Waals surface area contributed by atoms with E-state index in [4.69, 9.17) is 0 Å². The number of amides is 1. The molecule has 15 heavy (non-hydrogen) atoms. The molecule has 1 aromatic carbocycles. The van der Waals surface area contributed by atoms with Crippen LogP contribution in [0.2, 0.25) is 0 Å². The summed E-state index contributed by atoms with van der Waals surface area (Å²) in [5, 5.41) is 0. The fourth-order valence-electron chi connectivity index (χ4n) is 1.26. The zero-order valence-electron chi connectivity index (χ0n) is 9.16. The van der Waals surface area contributed by atoms with Gasteiger partial charge in [-0.05, 0) is 12.5 Å². The van der Waals surface area contributed by atoms with Gasteiger partial charge in [-0.3, -0.25) is 4.79 Å². The number of hydrogen-bond acceptors (Lipinski definition) is 1. The van der Waals surface area contributed by atoms with Crippen molar-refractivity contribution in [3.05, 3.63) is 35.9 Å². The lowest BCUT2D eigenvalue weighted by molar-refractivity contribution is -0.128. The molecule has 0 aliphatic heterocycles. The van der Waals surface area contributed by atoms with E-state index in [1.54, 1.807) is 18.7 Å². The summed E-state index contributed by atoms with van der Waals surface area (Å²) in [5.41, 5.74) is 1.13. The van der Waals surface area contributed by atoms with Gasteiger partial charge in [-0.2, -0.15) is 0 Å². The third-order valence-electron chi connectivity index (χ3n) is 2.11. The van der Waals surface area contributed by atoms with Crippen molar-refractivity contribution in [2.45, 2.75) is 20.4 Å². The van der Waals surface area contributed by atoms with Gasteiger partial charge in [0.15, 0.2) is 0 Å². The van der Waals surface area contributed by atoms with E-state index in [9.17, 15) is 4.79 Å². The van der Waals surface area contributed by atoms with Crippen LogP contribution in [0, 0.1) is 11.8 Å². The largest absolute Gasteiger partial charge is 0.327 e. The lowest BCUT2D eigenvalue weighted by Crippen LogP contribution is -2.28. The molecule has 0 radical (unpaired) electrons. The maximum Gasteiger partial charge on any atom is 0.220 e. The van der Waals surface area contributed by atoms with Crippen molar-refractivity contribution in [2.24, 2.45) is 0 Å². The molecule has 0 bridgehead atoms. The van der Waals surface area contributed by atoms with Crippen LogP contribution < -0.4 is 0 Å². The molecular weight excluding hydrogens is 186 g/mol. The predicted octanol–water partition coefficient (Wildman–Crippen LogP) is 2.06. The van der Waals surface area contributed by atoms with Crippen LogP contribution in [0.25, 0.3) is 0 Å². The molecule has 1 rings (SSSR count). The second-order valence-corrected chi connectivity index (χ2v) is 3.29. The topological polar surface area (TPSA) is 20.3 Å². The Morgan fingerprint density at radius 2 is 2.00 bits per heavy atom. The van der Waals surface area contributed by atoms with Gasteiger partial charge in [0, 0.05) is 13.5 Å². The number of carbonyl (C=O) groups excluding carboxylic acids is 1.